The standard InChI is InChI=1S/C10H8Cl4N2/c11-1-2-16-9-4-7(14)6(13)3-8(9)15-10(16)5-12/h3-4H,1-2,5H2. The maximum Gasteiger partial charge on any atom is 0.124 e. The van der Waals surface area contributed by atoms with Gasteiger partial charge in [0.15, 0.2) is 0 Å². The van der Waals surface area contributed by atoms with Crippen molar-refractivity contribution in [3.63, 3.8) is 0 Å². The van der Waals surface area contributed by atoms with Crippen molar-refractivity contribution in [3.05, 3.63) is 28.0 Å². The van der Waals surface area contributed by atoms with Gasteiger partial charge in [-0.15, -0.1) is 23.2 Å². The zero-order valence-corrected chi connectivity index (χ0v) is 11.2. The molecule has 1 heterocycles. The Morgan fingerprint density at radius 1 is 1.12 bits per heavy atom. The number of halogens is 4. The molecule has 0 radical (unpaired) electrons. The van der Waals surface area contributed by atoms with E-state index in [0.29, 0.717) is 28.4 Å². The van der Waals surface area contributed by atoms with E-state index in [1.165, 1.54) is 0 Å². The van der Waals surface area contributed by atoms with Gasteiger partial charge in [-0.3, -0.25) is 0 Å². The first kappa shape index (κ1) is 12.3. The summed E-state index contributed by atoms with van der Waals surface area (Å²) in [7, 11) is 0. The van der Waals surface area contributed by atoms with Gasteiger partial charge in [-0.2, -0.15) is 0 Å². The van der Waals surface area contributed by atoms with Crippen LogP contribution in [0.1, 0.15) is 5.82 Å². The fourth-order valence-electron chi connectivity index (χ4n) is 1.61. The minimum absolute atomic E-state index is 0.334. The van der Waals surface area contributed by atoms with Crippen molar-refractivity contribution in [2.24, 2.45) is 0 Å². The van der Waals surface area contributed by atoms with E-state index in [4.69, 9.17) is 46.4 Å². The number of hydrogen-bond donors (Lipinski definition) is 0. The van der Waals surface area contributed by atoms with Crippen LogP contribution in [-0.4, -0.2) is 15.4 Å². The van der Waals surface area contributed by atoms with Crippen LogP contribution in [0.2, 0.25) is 10.0 Å². The third-order valence-corrected chi connectivity index (χ3v) is 3.43. The van der Waals surface area contributed by atoms with Crippen LogP contribution in [0.3, 0.4) is 0 Å². The summed E-state index contributed by atoms with van der Waals surface area (Å²) >= 11 is 23.5. The predicted molar refractivity (Wildman–Crippen MR) is 70.0 cm³/mol. The van der Waals surface area contributed by atoms with E-state index in [-0.39, 0.29) is 0 Å². The molecule has 0 bridgehead atoms. The molecule has 0 N–H and O–H groups in total. The number of hydrogen-bond acceptors (Lipinski definition) is 1. The Morgan fingerprint density at radius 2 is 1.81 bits per heavy atom. The normalized spacial score (nSPS) is 11.2. The summed E-state index contributed by atoms with van der Waals surface area (Å²) in [6, 6.07) is 3.52. The van der Waals surface area contributed by atoms with Crippen LogP contribution in [0.15, 0.2) is 12.1 Å². The predicted octanol–water partition coefficient (Wildman–Crippen LogP) is 4.32. The summed E-state index contributed by atoms with van der Waals surface area (Å²) < 4.78 is 1.96. The first-order chi connectivity index (χ1) is 7.67. The lowest BCUT2D eigenvalue weighted by atomic mass is 10.3. The van der Waals surface area contributed by atoms with Crippen molar-refractivity contribution in [1.82, 2.24) is 9.55 Å². The number of fused-ring (bicyclic) bond motifs is 1. The Bertz CT molecular complexity index is 521. The lowest BCUT2D eigenvalue weighted by molar-refractivity contribution is 0.752. The molecule has 2 nitrogen and oxygen atoms in total. The molecule has 0 saturated carbocycles. The van der Waals surface area contributed by atoms with Crippen LogP contribution in [0, 0.1) is 0 Å². The summed E-state index contributed by atoms with van der Waals surface area (Å²) in [4.78, 5) is 4.38. The zero-order valence-electron chi connectivity index (χ0n) is 8.18. The topological polar surface area (TPSA) is 17.8 Å². The lowest BCUT2D eigenvalue weighted by Crippen LogP contribution is -2.03. The molecule has 86 valence electrons. The summed E-state index contributed by atoms with van der Waals surface area (Å²) in [6.07, 6.45) is 0. The Hall–Kier alpha value is -0.150. The average molecular weight is 298 g/mol. The molecular weight excluding hydrogens is 290 g/mol. The van der Waals surface area contributed by atoms with E-state index in [1.54, 1.807) is 12.1 Å². The van der Waals surface area contributed by atoms with Gasteiger partial charge >= 0.3 is 0 Å². The molecule has 0 aliphatic heterocycles. The van der Waals surface area contributed by atoms with Gasteiger partial charge in [0.25, 0.3) is 0 Å². The number of rotatable bonds is 3. The van der Waals surface area contributed by atoms with E-state index < -0.39 is 0 Å². The highest BCUT2D eigenvalue weighted by Crippen LogP contribution is 2.28. The molecular formula is C10H8Cl4N2. The van der Waals surface area contributed by atoms with E-state index in [0.717, 1.165) is 16.9 Å². The molecule has 0 fully saturated rings. The van der Waals surface area contributed by atoms with Crippen LogP contribution in [0.25, 0.3) is 11.0 Å². The summed E-state index contributed by atoms with van der Waals surface area (Å²) in [5, 5.41) is 0.997. The Labute approximate surface area is 113 Å². The largest absolute Gasteiger partial charge is 0.326 e. The summed E-state index contributed by atoms with van der Waals surface area (Å²) in [5.41, 5.74) is 1.70. The molecule has 0 amide bonds. The maximum atomic E-state index is 5.97. The quantitative estimate of drug-likeness (QED) is 0.772. The van der Waals surface area contributed by atoms with Gasteiger partial charge < -0.3 is 4.57 Å². The molecule has 0 unspecified atom stereocenters. The van der Waals surface area contributed by atoms with Crippen molar-refractivity contribution in [2.45, 2.75) is 12.4 Å². The van der Waals surface area contributed by atoms with Gasteiger partial charge in [0.05, 0.1) is 27.0 Å². The molecule has 0 spiro atoms. The van der Waals surface area contributed by atoms with Crippen LogP contribution in [0.5, 0.6) is 0 Å². The van der Waals surface area contributed by atoms with Gasteiger partial charge in [0, 0.05) is 12.4 Å². The third-order valence-electron chi connectivity index (χ3n) is 2.30. The second kappa shape index (κ2) is 5.01. The molecule has 2 rings (SSSR count). The Balaban J connectivity index is 2.69. The van der Waals surface area contributed by atoms with Gasteiger partial charge in [-0.25, -0.2) is 4.98 Å². The fourth-order valence-corrected chi connectivity index (χ4v) is 2.29. The smallest absolute Gasteiger partial charge is 0.124 e. The molecule has 0 aliphatic rings. The number of aromatic nitrogens is 2. The van der Waals surface area contributed by atoms with Crippen molar-refractivity contribution >= 4 is 57.4 Å². The summed E-state index contributed by atoms with van der Waals surface area (Å²) in [6.45, 7) is 0.651. The highest BCUT2D eigenvalue weighted by molar-refractivity contribution is 6.42. The van der Waals surface area contributed by atoms with E-state index in [1.807, 2.05) is 4.57 Å². The molecule has 1 aromatic carbocycles. The van der Waals surface area contributed by atoms with E-state index >= 15 is 0 Å². The zero-order chi connectivity index (χ0) is 11.7. The number of aryl methyl sites for hydroxylation is 1. The van der Waals surface area contributed by atoms with Crippen molar-refractivity contribution < 1.29 is 0 Å². The van der Waals surface area contributed by atoms with Crippen LogP contribution in [0.4, 0.5) is 0 Å². The van der Waals surface area contributed by atoms with Gasteiger partial charge in [0.2, 0.25) is 0 Å². The summed E-state index contributed by atoms with van der Waals surface area (Å²) in [5.74, 6) is 1.60. The van der Waals surface area contributed by atoms with Gasteiger partial charge in [0.1, 0.15) is 5.82 Å². The van der Waals surface area contributed by atoms with Gasteiger partial charge in [-0.05, 0) is 12.1 Å². The minimum atomic E-state index is 0.334. The number of imidazole rings is 1. The minimum Gasteiger partial charge on any atom is -0.326 e. The molecule has 1 aromatic heterocycles. The highest BCUT2D eigenvalue weighted by Gasteiger charge is 2.11. The number of nitrogens with zero attached hydrogens (tertiary/aromatic N) is 2. The average Bonchev–Trinajstić information content (AvgIpc) is 2.58. The lowest BCUT2D eigenvalue weighted by Gasteiger charge is -2.04. The van der Waals surface area contributed by atoms with Crippen LogP contribution < -0.4 is 0 Å². The Kier molecular flexibility index (Phi) is 3.85. The highest BCUT2D eigenvalue weighted by atomic mass is 35.5. The molecule has 0 atom stereocenters. The fraction of sp³-hybridized carbons (Fsp3) is 0.300. The van der Waals surface area contributed by atoms with Crippen LogP contribution in [-0.2, 0) is 12.4 Å². The molecule has 2 aromatic rings. The first-order valence-electron chi connectivity index (χ1n) is 4.63. The SMILES string of the molecule is ClCCn1c(CCl)nc2cc(Cl)c(Cl)cc21. The van der Waals surface area contributed by atoms with E-state index in [2.05, 4.69) is 4.98 Å². The van der Waals surface area contributed by atoms with Crippen molar-refractivity contribution in [2.75, 3.05) is 5.88 Å². The Morgan fingerprint density at radius 3 is 2.44 bits per heavy atom. The molecule has 16 heavy (non-hydrogen) atoms. The molecule has 0 saturated heterocycles. The van der Waals surface area contributed by atoms with Crippen molar-refractivity contribution in [1.29, 1.82) is 0 Å². The monoisotopic (exact) mass is 296 g/mol. The maximum absolute atomic E-state index is 5.97. The van der Waals surface area contributed by atoms with Crippen LogP contribution >= 0.6 is 46.4 Å². The second-order valence-corrected chi connectivity index (χ2v) is 4.72. The van der Waals surface area contributed by atoms with Gasteiger partial charge in [-0.1, -0.05) is 23.2 Å². The third kappa shape index (κ3) is 2.12. The van der Waals surface area contributed by atoms with E-state index in [9.17, 15) is 0 Å². The number of alkyl halides is 2. The second-order valence-electron chi connectivity index (χ2n) is 3.26. The first-order valence-corrected chi connectivity index (χ1v) is 6.46. The number of benzene rings is 1. The van der Waals surface area contributed by atoms with Crippen molar-refractivity contribution in [3.8, 4) is 0 Å². The molecule has 6 heteroatoms. The molecule has 0 aliphatic carbocycles.